The molecule has 6 heteroatoms. The highest BCUT2D eigenvalue weighted by molar-refractivity contribution is 7.89. The van der Waals surface area contributed by atoms with Gasteiger partial charge in [-0.2, -0.15) is 4.31 Å². The van der Waals surface area contributed by atoms with Gasteiger partial charge in [-0.25, -0.2) is 8.42 Å². The van der Waals surface area contributed by atoms with E-state index in [1.54, 1.807) is 24.3 Å². The fraction of sp³-hybridized carbons (Fsp3) is 0.571. The van der Waals surface area contributed by atoms with Crippen LogP contribution < -0.4 is 4.74 Å². The molecule has 0 bridgehead atoms. The number of hydrogen-bond donors (Lipinski definition) is 0. The molecule has 0 heterocycles. The highest BCUT2D eigenvalue weighted by Gasteiger charge is 2.22. The summed E-state index contributed by atoms with van der Waals surface area (Å²) >= 11 is 5.54. The van der Waals surface area contributed by atoms with Gasteiger partial charge < -0.3 is 4.74 Å². The Morgan fingerprint density at radius 2 is 1.65 bits per heavy atom. The Labute approximate surface area is 126 Å². The first-order valence-corrected chi connectivity index (χ1v) is 8.82. The van der Waals surface area contributed by atoms with Crippen molar-refractivity contribution in [2.24, 2.45) is 0 Å². The van der Waals surface area contributed by atoms with Crippen LogP contribution in [0.15, 0.2) is 29.2 Å². The van der Waals surface area contributed by atoms with Gasteiger partial charge in [0.1, 0.15) is 12.4 Å². The van der Waals surface area contributed by atoms with Crippen molar-refractivity contribution in [2.75, 3.05) is 25.6 Å². The largest absolute Gasteiger partial charge is 0.492 e. The summed E-state index contributed by atoms with van der Waals surface area (Å²) in [5.74, 6) is 1.03. The van der Waals surface area contributed by atoms with Crippen molar-refractivity contribution >= 4 is 21.6 Å². The predicted molar refractivity (Wildman–Crippen MR) is 82.0 cm³/mol. The van der Waals surface area contributed by atoms with E-state index >= 15 is 0 Å². The Morgan fingerprint density at radius 1 is 1.10 bits per heavy atom. The molecule has 0 unspecified atom stereocenters. The number of nitrogens with zero attached hydrogens (tertiary/aromatic N) is 1. The molecular formula is C14H22ClNO3S. The minimum atomic E-state index is -3.41. The van der Waals surface area contributed by atoms with Crippen LogP contribution in [-0.2, 0) is 10.0 Å². The molecule has 1 rings (SSSR count). The molecule has 0 amide bonds. The van der Waals surface area contributed by atoms with Gasteiger partial charge in [0.2, 0.25) is 10.0 Å². The van der Waals surface area contributed by atoms with E-state index in [1.807, 2.05) is 13.8 Å². The quantitative estimate of drug-likeness (QED) is 0.657. The topological polar surface area (TPSA) is 46.6 Å². The normalized spacial score (nSPS) is 11.8. The second-order valence-corrected chi connectivity index (χ2v) is 6.73. The molecule has 4 nitrogen and oxygen atoms in total. The van der Waals surface area contributed by atoms with Crippen molar-refractivity contribution in [1.29, 1.82) is 0 Å². The summed E-state index contributed by atoms with van der Waals surface area (Å²) in [5, 5.41) is 0. The summed E-state index contributed by atoms with van der Waals surface area (Å²) < 4.78 is 31.9. The van der Waals surface area contributed by atoms with Crippen LogP contribution in [0.2, 0.25) is 0 Å². The molecule has 0 N–H and O–H groups in total. The van der Waals surface area contributed by atoms with Gasteiger partial charge in [0.15, 0.2) is 0 Å². The fourth-order valence-corrected chi connectivity index (χ4v) is 3.57. The maximum absolute atomic E-state index is 12.5. The van der Waals surface area contributed by atoms with E-state index in [9.17, 15) is 8.42 Å². The van der Waals surface area contributed by atoms with Crippen molar-refractivity contribution < 1.29 is 13.2 Å². The summed E-state index contributed by atoms with van der Waals surface area (Å²) in [5.41, 5.74) is 0. The van der Waals surface area contributed by atoms with Gasteiger partial charge in [0, 0.05) is 13.1 Å². The minimum Gasteiger partial charge on any atom is -0.492 e. The first-order chi connectivity index (χ1) is 9.56. The summed E-state index contributed by atoms with van der Waals surface area (Å²) in [7, 11) is -3.41. The summed E-state index contributed by atoms with van der Waals surface area (Å²) in [6.45, 7) is 5.44. The van der Waals surface area contributed by atoms with Crippen LogP contribution in [0.25, 0.3) is 0 Å². The van der Waals surface area contributed by atoms with Crippen LogP contribution in [0.1, 0.15) is 26.7 Å². The third-order valence-electron chi connectivity index (χ3n) is 2.75. The van der Waals surface area contributed by atoms with E-state index < -0.39 is 10.0 Å². The van der Waals surface area contributed by atoms with Gasteiger partial charge in [-0.3, -0.25) is 0 Å². The van der Waals surface area contributed by atoms with E-state index in [2.05, 4.69) is 0 Å². The molecule has 20 heavy (non-hydrogen) atoms. The van der Waals surface area contributed by atoms with E-state index in [0.29, 0.717) is 36.2 Å². The lowest BCUT2D eigenvalue weighted by atomic mass is 10.3. The molecule has 1 aromatic carbocycles. The smallest absolute Gasteiger partial charge is 0.243 e. The Kier molecular flexibility index (Phi) is 7.34. The van der Waals surface area contributed by atoms with E-state index in [1.165, 1.54) is 4.31 Å². The lowest BCUT2D eigenvalue weighted by Crippen LogP contribution is -2.32. The van der Waals surface area contributed by atoms with Crippen molar-refractivity contribution in [3.05, 3.63) is 24.3 Å². The Morgan fingerprint density at radius 3 is 2.10 bits per heavy atom. The minimum absolute atomic E-state index is 0.303. The Balaban J connectivity index is 2.90. The second-order valence-electron chi connectivity index (χ2n) is 4.41. The molecule has 1 aromatic rings. The first kappa shape index (κ1) is 17.3. The number of alkyl halides is 1. The van der Waals surface area contributed by atoms with Crippen LogP contribution in [0.3, 0.4) is 0 Å². The first-order valence-electron chi connectivity index (χ1n) is 6.85. The number of hydrogen-bond acceptors (Lipinski definition) is 3. The molecule has 0 atom stereocenters. The molecule has 0 aliphatic heterocycles. The molecule has 0 fully saturated rings. The average molecular weight is 320 g/mol. The van der Waals surface area contributed by atoms with Gasteiger partial charge in [-0.1, -0.05) is 13.8 Å². The molecule has 0 saturated heterocycles. The molecule has 0 aliphatic rings. The number of sulfonamides is 1. The van der Waals surface area contributed by atoms with Crippen LogP contribution in [0, 0.1) is 0 Å². The van der Waals surface area contributed by atoms with E-state index in [0.717, 1.165) is 12.8 Å². The predicted octanol–water partition coefficient (Wildman–Crippen LogP) is 3.11. The van der Waals surface area contributed by atoms with E-state index in [4.69, 9.17) is 16.3 Å². The SMILES string of the molecule is CCCN(CCC)S(=O)(=O)c1ccc(OCCCl)cc1. The zero-order valence-corrected chi connectivity index (χ0v) is 13.6. The fourth-order valence-electron chi connectivity index (χ4n) is 1.86. The van der Waals surface area contributed by atoms with Gasteiger partial charge in [-0.05, 0) is 37.1 Å². The third-order valence-corrected chi connectivity index (χ3v) is 4.82. The molecular weight excluding hydrogens is 298 g/mol. The molecule has 0 aliphatic carbocycles. The highest BCUT2D eigenvalue weighted by atomic mass is 35.5. The van der Waals surface area contributed by atoms with Crippen LogP contribution in [0.4, 0.5) is 0 Å². The van der Waals surface area contributed by atoms with Gasteiger partial charge >= 0.3 is 0 Å². The number of rotatable bonds is 9. The second kappa shape index (κ2) is 8.49. The summed E-state index contributed by atoms with van der Waals surface area (Å²) in [6, 6.07) is 6.49. The number of halogens is 1. The van der Waals surface area contributed by atoms with Gasteiger partial charge in [0.25, 0.3) is 0 Å². The van der Waals surface area contributed by atoms with E-state index in [-0.39, 0.29) is 0 Å². The molecule has 114 valence electrons. The lowest BCUT2D eigenvalue weighted by molar-refractivity contribution is 0.342. The van der Waals surface area contributed by atoms with Crippen molar-refractivity contribution in [3.8, 4) is 5.75 Å². The number of ether oxygens (including phenoxy) is 1. The molecule has 0 saturated carbocycles. The molecule has 0 radical (unpaired) electrons. The maximum atomic E-state index is 12.5. The standard InChI is InChI=1S/C14H22ClNO3S/c1-3-10-16(11-4-2)20(17,18)14-7-5-13(6-8-14)19-12-9-15/h5-8H,3-4,9-12H2,1-2H3. The average Bonchev–Trinajstić information content (AvgIpc) is 2.45. The number of benzene rings is 1. The Bertz CT molecular complexity index is 482. The van der Waals surface area contributed by atoms with Crippen LogP contribution in [-0.4, -0.2) is 38.3 Å². The Hall–Kier alpha value is -0.780. The van der Waals surface area contributed by atoms with Gasteiger partial charge in [0.05, 0.1) is 10.8 Å². The highest BCUT2D eigenvalue weighted by Crippen LogP contribution is 2.20. The van der Waals surface area contributed by atoms with Gasteiger partial charge in [-0.15, -0.1) is 11.6 Å². The molecule has 0 aromatic heterocycles. The zero-order chi connectivity index (χ0) is 15.0. The lowest BCUT2D eigenvalue weighted by Gasteiger charge is -2.21. The maximum Gasteiger partial charge on any atom is 0.243 e. The third kappa shape index (κ3) is 4.65. The van der Waals surface area contributed by atoms with Crippen molar-refractivity contribution in [1.82, 2.24) is 4.31 Å². The monoisotopic (exact) mass is 319 g/mol. The van der Waals surface area contributed by atoms with Crippen molar-refractivity contribution in [2.45, 2.75) is 31.6 Å². The van der Waals surface area contributed by atoms with Crippen LogP contribution in [0.5, 0.6) is 5.75 Å². The molecule has 0 spiro atoms. The zero-order valence-electron chi connectivity index (χ0n) is 12.0. The van der Waals surface area contributed by atoms with Crippen LogP contribution >= 0.6 is 11.6 Å². The summed E-state index contributed by atoms with van der Waals surface area (Å²) in [6.07, 6.45) is 1.60. The van der Waals surface area contributed by atoms with Crippen molar-refractivity contribution in [3.63, 3.8) is 0 Å². The summed E-state index contributed by atoms with van der Waals surface area (Å²) in [4.78, 5) is 0.303.